The summed E-state index contributed by atoms with van der Waals surface area (Å²) in [5, 5.41) is 6.99. The maximum Gasteiger partial charge on any atom is 0.0794 e. The van der Waals surface area contributed by atoms with Gasteiger partial charge in [-0.3, -0.25) is 0 Å². The Morgan fingerprint density at radius 3 is 0.734 bits per heavy atom. The first-order chi connectivity index (χ1) is 31.8. The second-order valence-corrected chi connectivity index (χ2v) is 16.5. The molecule has 1 nitrogen and oxygen atoms in total. The van der Waals surface area contributed by atoms with E-state index >= 15 is 0 Å². The van der Waals surface area contributed by atoms with Crippen molar-refractivity contribution in [2.75, 3.05) is 0 Å². The van der Waals surface area contributed by atoms with Crippen molar-refractivity contribution in [1.29, 1.82) is 0 Å². The van der Waals surface area contributed by atoms with E-state index in [1.54, 1.807) is 0 Å². The largest absolute Gasteiger partial charge is 0.246 e. The van der Waals surface area contributed by atoms with E-state index in [1.807, 2.05) is 0 Å². The SMILES string of the molecule is c1ccc(-c2c(-c3ccccc3)c(-c3ccccc3)c(-c3ccc(-c4c5ccc6ccccc6c5nc5c4ccc4ccccc45)cc3)c(-c3ccccc3)c2-c2ccccc2)cc1. The molecule has 0 atom stereocenters. The number of benzene rings is 11. The highest BCUT2D eigenvalue weighted by molar-refractivity contribution is 6.21. The minimum atomic E-state index is 1.02. The molecule has 0 bridgehead atoms. The fourth-order valence-electron chi connectivity index (χ4n) is 10.0. The van der Waals surface area contributed by atoms with Crippen molar-refractivity contribution >= 4 is 43.4 Å². The Morgan fingerprint density at radius 2 is 0.422 bits per heavy atom. The summed E-state index contributed by atoms with van der Waals surface area (Å²) < 4.78 is 0. The van der Waals surface area contributed by atoms with Gasteiger partial charge in [0.1, 0.15) is 0 Å². The molecule has 1 heterocycles. The molecule has 0 fully saturated rings. The molecule has 0 aliphatic heterocycles. The topological polar surface area (TPSA) is 12.9 Å². The Labute approximate surface area is 373 Å². The lowest BCUT2D eigenvalue weighted by Crippen LogP contribution is -2.02. The maximum atomic E-state index is 5.49. The average Bonchev–Trinajstić information content (AvgIpc) is 3.38. The fourth-order valence-corrected chi connectivity index (χ4v) is 10.0. The van der Waals surface area contributed by atoms with Gasteiger partial charge < -0.3 is 0 Å². The Bertz CT molecular complexity index is 3460. The van der Waals surface area contributed by atoms with Crippen LogP contribution in [0.25, 0.3) is 121 Å². The van der Waals surface area contributed by atoms with Crippen molar-refractivity contribution in [2.24, 2.45) is 0 Å². The Hall–Kier alpha value is -8.39. The van der Waals surface area contributed by atoms with Crippen LogP contribution in [0.4, 0.5) is 0 Å². The third-order valence-electron chi connectivity index (χ3n) is 12.8. The zero-order valence-electron chi connectivity index (χ0n) is 35.1. The first-order valence-electron chi connectivity index (χ1n) is 22.0. The smallest absolute Gasteiger partial charge is 0.0794 e. The lowest BCUT2D eigenvalue weighted by atomic mass is 9.74. The van der Waals surface area contributed by atoms with Crippen LogP contribution in [0.1, 0.15) is 0 Å². The van der Waals surface area contributed by atoms with Gasteiger partial charge in [0, 0.05) is 27.1 Å². The van der Waals surface area contributed by atoms with E-state index in [2.05, 4.69) is 249 Å². The van der Waals surface area contributed by atoms with Crippen molar-refractivity contribution in [1.82, 2.24) is 4.98 Å². The third kappa shape index (κ3) is 6.29. The molecule has 0 N–H and O–H groups in total. The molecule has 0 radical (unpaired) electrons. The van der Waals surface area contributed by atoms with E-state index in [9.17, 15) is 0 Å². The van der Waals surface area contributed by atoms with Gasteiger partial charge in [0.05, 0.1) is 11.0 Å². The molecule has 12 rings (SSSR count). The number of rotatable bonds is 7. The predicted octanol–water partition coefficient (Wildman–Crippen LogP) is 17.4. The van der Waals surface area contributed by atoms with Crippen LogP contribution < -0.4 is 0 Å². The molecule has 0 saturated heterocycles. The van der Waals surface area contributed by atoms with Crippen LogP contribution in [0.5, 0.6) is 0 Å². The van der Waals surface area contributed by atoms with Gasteiger partial charge in [-0.25, -0.2) is 4.98 Å². The molecule has 1 aromatic heterocycles. The van der Waals surface area contributed by atoms with Crippen molar-refractivity contribution in [3.8, 4) is 77.9 Å². The average molecular weight is 812 g/mol. The summed E-state index contributed by atoms with van der Waals surface area (Å²) in [5.74, 6) is 0. The molecule has 0 amide bonds. The van der Waals surface area contributed by atoms with Crippen LogP contribution in [0, 0.1) is 0 Å². The van der Waals surface area contributed by atoms with E-state index in [0.717, 1.165) is 43.7 Å². The number of pyridine rings is 1. The molecular weight excluding hydrogens is 771 g/mol. The van der Waals surface area contributed by atoms with Crippen LogP contribution in [0.2, 0.25) is 0 Å². The van der Waals surface area contributed by atoms with Gasteiger partial charge in [-0.15, -0.1) is 0 Å². The van der Waals surface area contributed by atoms with Gasteiger partial charge in [-0.05, 0) is 83.1 Å². The van der Waals surface area contributed by atoms with Crippen LogP contribution >= 0.6 is 0 Å². The molecule has 12 aromatic rings. The highest BCUT2D eigenvalue weighted by Gasteiger charge is 2.29. The lowest BCUT2D eigenvalue weighted by Gasteiger charge is -2.29. The normalized spacial score (nSPS) is 11.4. The standard InChI is InChI=1S/C63H41N/c1-6-22-44(23-7-1)56-57(45-24-8-2-9-25-45)59(47-28-12-4-13-29-47)61(60(48-30-14-5-15-31-48)58(56)46-26-10-3-11-27-46)50-36-34-49(35-37-50)55-53-40-38-42-20-16-18-32-51(42)62(53)64-63-52-33-19-17-21-43(52)39-41-54(55)63/h1-41H. The van der Waals surface area contributed by atoms with Crippen LogP contribution in [-0.4, -0.2) is 4.98 Å². The van der Waals surface area contributed by atoms with Crippen molar-refractivity contribution in [3.05, 3.63) is 249 Å². The highest BCUT2D eigenvalue weighted by atomic mass is 14.7. The maximum absolute atomic E-state index is 5.49. The molecule has 0 saturated carbocycles. The monoisotopic (exact) mass is 811 g/mol. The van der Waals surface area contributed by atoms with Crippen LogP contribution in [0.3, 0.4) is 0 Å². The summed E-state index contributed by atoms with van der Waals surface area (Å²) in [6, 6.07) is 90.6. The molecule has 64 heavy (non-hydrogen) atoms. The quantitative estimate of drug-likeness (QED) is 0.115. The van der Waals surface area contributed by atoms with Crippen LogP contribution in [0.15, 0.2) is 249 Å². The van der Waals surface area contributed by atoms with Gasteiger partial charge in [0.25, 0.3) is 0 Å². The number of nitrogens with zero attached hydrogens (tertiary/aromatic N) is 1. The van der Waals surface area contributed by atoms with E-state index in [4.69, 9.17) is 4.98 Å². The predicted molar refractivity (Wildman–Crippen MR) is 272 cm³/mol. The Morgan fingerprint density at radius 1 is 0.172 bits per heavy atom. The van der Waals surface area contributed by atoms with Gasteiger partial charge in [-0.2, -0.15) is 0 Å². The molecular formula is C63H41N. The number of hydrogen-bond donors (Lipinski definition) is 0. The number of aromatic nitrogens is 1. The zero-order valence-corrected chi connectivity index (χ0v) is 35.1. The van der Waals surface area contributed by atoms with Gasteiger partial charge >= 0.3 is 0 Å². The van der Waals surface area contributed by atoms with Crippen molar-refractivity contribution in [3.63, 3.8) is 0 Å². The molecule has 0 aliphatic carbocycles. The zero-order chi connectivity index (χ0) is 42.4. The Balaban J connectivity index is 1.22. The lowest BCUT2D eigenvalue weighted by molar-refractivity contribution is 1.51. The van der Waals surface area contributed by atoms with E-state index < -0.39 is 0 Å². The minimum absolute atomic E-state index is 1.02. The molecule has 0 spiro atoms. The van der Waals surface area contributed by atoms with Gasteiger partial charge in [0.15, 0.2) is 0 Å². The summed E-state index contributed by atoms with van der Waals surface area (Å²) >= 11 is 0. The first kappa shape index (κ1) is 37.4. The minimum Gasteiger partial charge on any atom is -0.246 e. The Kier molecular flexibility index (Phi) is 9.24. The first-order valence-corrected chi connectivity index (χ1v) is 22.0. The highest BCUT2D eigenvalue weighted by Crippen LogP contribution is 2.56. The molecule has 11 aromatic carbocycles. The third-order valence-corrected chi connectivity index (χ3v) is 12.8. The summed E-state index contributed by atoms with van der Waals surface area (Å²) in [5.41, 5.74) is 18.6. The van der Waals surface area contributed by atoms with Crippen LogP contribution in [-0.2, 0) is 0 Å². The van der Waals surface area contributed by atoms with E-state index in [-0.39, 0.29) is 0 Å². The second-order valence-electron chi connectivity index (χ2n) is 16.5. The summed E-state index contributed by atoms with van der Waals surface area (Å²) in [6.07, 6.45) is 0. The van der Waals surface area contributed by atoms with Gasteiger partial charge in [0.2, 0.25) is 0 Å². The number of fused-ring (bicyclic) bond motifs is 6. The van der Waals surface area contributed by atoms with E-state index in [1.165, 1.54) is 77.5 Å². The molecule has 0 aliphatic rings. The molecule has 1 heteroatoms. The van der Waals surface area contributed by atoms with Gasteiger partial charge in [-0.1, -0.05) is 249 Å². The fraction of sp³-hybridized carbons (Fsp3) is 0. The summed E-state index contributed by atoms with van der Waals surface area (Å²) in [6.45, 7) is 0. The van der Waals surface area contributed by atoms with Crippen molar-refractivity contribution < 1.29 is 0 Å². The molecule has 0 unspecified atom stereocenters. The number of hydrogen-bond acceptors (Lipinski definition) is 1. The molecule has 298 valence electrons. The summed E-state index contributed by atoms with van der Waals surface area (Å²) in [4.78, 5) is 5.49. The van der Waals surface area contributed by atoms with E-state index in [0.29, 0.717) is 0 Å². The second kappa shape index (κ2) is 15.8. The van der Waals surface area contributed by atoms with Crippen molar-refractivity contribution in [2.45, 2.75) is 0 Å². The summed E-state index contributed by atoms with van der Waals surface area (Å²) in [7, 11) is 0.